The van der Waals surface area contributed by atoms with Gasteiger partial charge in [0, 0.05) is 38.9 Å². The van der Waals surface area contributed by atoms with E-state index in [0.29, 0.717) is 18.9 Å². The van der Waals surface area contributed by atoms with Crippen LogP contribution in [0.2, 0.25) is 0 Å². The number of rotatable bonds is 4. The van der Waals surface area contributed by atoms with Crippen molar-refractivity contribution < 1.29 is 34.0 Å². The van der Waals surface area contributed by atoms with E-state index in [4.69, 9.17) is 18.9 Å². The van der Waals surface area contributed by atoms with Gasteiger partial charge in [0.05, 0.1) is 35.4 Å². The maximum Gasteiger partial charge on any atom is 0.169 e. The lowest BCUT2D eigenvalue weighted by Gasteiger charge is -2.66. The van der Waals surface area contributed by atoms with Crippen molar-refractivity contribution in [2.24, 2.45) is 23.2 Å². The van der Waals surface area contributed by atoms with Gasteiger partial charge in [0.1, 0.15) is 23.9 Å². The highest BCUT2D eigenvalue weighted by molar-refractivity contribution is 6.06. The van der Waals surface area contributed by atoms with Crippen molar-refractivity contribution in [3.63, 3.8) is 0 Å². The summed E-state index contributed by atoms with van der Waals surface area (Å²) in [5.41, 5.74) is 2.08. The van der Waals surface area contributed by atoms with Gasteiger partial charge in [-0.1, -0.05) is 25.5 Å². The van der Waals surface area contributed by atoms with Crippen LogP contribution in [0.4, 0.5) is 0 Å². The van der Waals surface area contributed by atoms with Crippen molar-refractivity contribution in [1.82, 2.24) is 4.98 Å². The van der Waals surface area contributed by atoms with Crippen molar-refractivity contribution >= 4 is 16.7 Å². The molecule has 9 rings (SSSR count). The van der Waals surface area contributed by atoms with Gasteiger partial charge in [-0.2, -0.15) is 0 Å². The molecule has 1 aromatic carbocycles. The molecule has 5 fully saturated rings. The van der Waals surface area contributed by atoms with Gasteiger partial charge >= 0.3 is 0 Å². The van der Waals surface area contributed by atoms with Crippen LogP contribution >= 0.6 is 0 Å². The summed E-state index contributed by atoms with van der Waals surface area (Å²) in [7, 11) is 0. The average molecular weight is 688 g/mol. The molecular formula is C42H57NO7. The molecule has 3 saturated heterocycles. The molecule has 2 aromatic rings. The molecule has 3 aliphatic heterocycles. The number of aromatic nitrogens is 1. The van der Waals surface area contributed by atoms with Crippen LogP contribution < -0.4 is 0 Å². The number of fused-ring (bicyclic) bond motifs is 10. The Morgan fingerprint density at radius 2 is 1.78 bits per heavy atom. The lowest BCUT2D eigenvalue weighted by Crippen LogP contribution is -2.76. The first-order valence-corrected chi connectivity index (χ1v) is 19.2. The van der Waals surface area contributed by atoms with E-state index in [2.05, 4.69) is 52.6 Å². The van der Waals surface area contributed by atoms with Gasteiger partial charge in [-0.15, -0.1) is 0 Å². The van der Waals surface area contributed by atoms with Crippen LogP contribution in [0.15, 0.2) is 23.8 Å². The summed E-state index contributed by atoms with van der Waals surface area (Å²) in [6.45, 7) is 21.6. The van der Waals surface area contributed by atoms with Crippen molar-refractivity contribution in [1.29, 1.82) is 0 Å². The minimum absolute atomic E-state index is 0.109. The normalized spacial score (nSPS) is 44.7. The molecule has 7 aliphatic rings. The highest BCUT2D eigenvalue weighted by atomic mass is 16.7. The summed E-state index contributed by atoms with van der Waals surface area (Å²) in [5, 5.41) is 26.3. The third-order valence-electron chi connectivity index (χ3n) is 15.7. The first-order chi connectivity index (χ1) is 23.3. The number of carbonyl (C=O) groups is 1. The summed E-state index contributed by atoms with van der Waals surface area (Å²) in [5.74, 6) is 0.492. The van der Waals surface area contributed by atoms with Crippen LogP contribution in [-0.2, 0) is 37.2 Å². The molecule has 0 amide bonds. The lowest BCUT2D eigenvalue weighted by atomic mass is 9.40. The van der Waals surface area contributed by atoms with Gasteiger partial charge in [0.25, 0.3) is 0 Å². The Balaban J connectivity index is 1.09. The number of aliphatic hydroxyl groups is 2. The highest BCUT2D eigenvalue weighted by Gasteiger charge is 2.86. The quantitative estimate of drug-likeness (QED) is 0.248. The van der Waals surface area contributed by atoms with E-state index in [1.807, 2.05) is 39.8 Å². The molecule has 8 nitrogen and oxygen atoms in total. The topological polar surface area (TPSA) is 114 Å². The van der Waals surface area contributed by atoms with Crippen LogP contribution in [0.25, 0.3) is 10.9 Å². The number of epoxide rings is 1. The number of hydrogen-bond acceptors (Lipinski definition) is 7. The average Bonchev–Trinajstić information content (AvgIpc) is 3.52. The molecule has 4 heterocycles. The van der Waals surface area contributed by atoms with Crippen molar-refractivity contribution in [2.45, 2.75) is 166 Å². The number of nitrogens with one attached hydrogen (secondary N) is 1. The number of carbonyl (C=O) groups excluding carboxylic acids is 1. The molecule has 4 aliphatic carbocycles. The monoisotopic (exact) mass is 687 g/mol. The SMILES string of the molecule is CC(C)=CCOC(C)(C)[C@H]1O[C@H]2CC[C@@]3(C)[C@@](O)(CC[C@H]4Cc5c([nH]c6ccc7c(c56)C[C@@H]5[C@@H](C7=O)C(C)(C)OC5(C)C)[C@@]43C)[C@@]23O[C@@H]3[C@@H]1O. The van der Waals surface area contributed by atoms with Gasteiger partial charge in [0.2, 0.25) is 0 Å². The van der Waals surface area contributed by atoms with E-state index in [1.54, 1.807) is 0 Å². The van der Waals surface area contributed by atoms with Gasteiger partial charge in [-0.05, 0) is 123 Å². The van der Waals surface area contributed by atoms with E-state index in [1.165, 1.54) is 27.8 Å². The van der Waals surface area contributed by atoms with Crippen LogP contribution in [0, 0.1) is 23.2 Å². The minimum atomic E-state index is -1.20. The van der Waals surface area contributed by atoms with E-state index in [9.17, 15) is 15.0 Å². The van der Waals surface area contributed by atoms with E-state index in [-0.39, 0.29) is 29.1 Å². The van der Waals surface area contributed by atoms with Gasteiger partial charge in [0.15, 0.2) is 11.4 Å². The number of hydrogen-bond donors (Lipinski definition) is 3. The fourth-order valence-electron chi connectivity index (χ4n) is 13.1. The number of benzene rings is 1. The zero-order valence-electron chi connectivity index (χ0n) is 31.7. The summed E-state index contributed by atoms with van der Waals surface area (Å²) in [6.07, 6.45) is 4.39. The van der Waals surface area contributed by atoms with Crippen LogP contribution in [-0.4, -0.2) is 80.0 Å². The molecule has 2 saturated carbocycles. The van der Waals surface area contributed by atoms with Crippen LogP contribution in [0.5, 0.6) is 0 Å². The first kappa shape index (κ1) is 33.7. The molecule has 272 valence electrons. The van der Waals surface area contributed by atoms with Crippen molar-refractivity contribution in [3.05, 3.63) is 46.2 Å². The maximum absolute atomic E-state index is 14.2. The van der Waals surface area contributed by atoms with Gasteiger partial charge in [-0.3, -0.25) is 4.79 Å². The number of ether oxygens (including phenoxy) is 4. The summed E-state index contributed by atoms with van der Waals surface area (Å²) < 4.78 is 26.3. The maximum atomic E-state index is 14.2. The van der Waals surface area contributed by atoms with E-state index in [0.717, 1.165) is 43.2 Å². The third kappa shape index (κ3) is 3.81. The molecule has 0 unspecified atom stereocenters. The molecule has 11 atom stereocenters. The number of Topliss-reactive ketones (excluding diaryl/α,β-unsaturated/α-hetero) is 1. The van der Waals surface area contributed by atoms with E-state index >= 15 is 0 Å². The Morgan fingerprint density at radius 3 is 2.50 bits per heavy atom. The van der Waals surface area contributed by atoms with Crippen LogP contribution in [0.3, 0.4) is 0 Å². The molecule has 3 N–H and O–H groups in total. The second kappa shape index (κ2) is 9.91. The molecule has 8 heteroatoms. The fourth-order valence-corrected chi connectivity index (χ4v) is 13.1. The number of allylic oxidation sites excluding steroid dienone is 1. The number of aliphatic hydroxyl groups excluding tert-OH is 1. The second-order valence-corrected chi connectivity index (χ2v) is 19.4. The number of H-pyrrole nitrogens is 1. The van der Waals surface area contributed by atoms with Gasteiger partial charge in [-0.25, -0.2) is 0 Å². The predicted octanol–water partition coefficient (Wildman–Crippen LogP) is 6.51. The zero-order chi connectivity index (χ0) is 35.8. The molecular weight excluding hydrogens is 630 g/mol. The summed E-state index contributed by atoms with van der Waals surface area (Å²) in [6, 6.07) is 4.15. The zero-order valence-corrected chi connectivity index (χ0v) is 31.7. The fraction of sp³-hybridized carbons (Fsp3) is 0.738. The molecule has 50 heavy (non-hydrogen) atoms. The minimum Gasteiger partial charge on any atom is -0.387 e. The Kier molecular flexibility index (Phi) is 6.69. The number of aromatic amines is 1. The Hall–Kier alpha value is -2.07. The predicted molar refractivity (Wildman–Crippen MR) is 190 cm³/mol. The molecule has 1 spiro atoms. The van der Waals surface area contributed by atoms with Crippen molar-refractivity contribution in [3.8, 4) is 0 Å². The highest BCUT2D eigenvalue weighted by Crippen LogP contribution is 2.75. The molecule has 0 bridgehead atoms. The summed E-state index contributed by atoms with van der Waals surface area (Å²) in [4.78, 5) is 18.2. The standard InChI is InChI=1S/C42H57NO7/c1-21(2)15-18-47-38(7,8)34-32(45)35-42(49-35)28(48-34)14-16-39(9)40(10)22(13-17-41(39,42)46)19-25-29-24-20-26-30(37(5,6)50-36(26,3)4)31(44)23(24)11-12-27(29)43-33(25)40/h11-12,15,22,26,28,30,32,34-35,43,45-46H,13-14,16-20H2,1-10H3/t22-,26+,28-,30-,32+,34-,35+,39+,40+,41-,42+/m0/s1. The van der Waals surface area contributed by atoms with E-state index < -0.39 is 51.7 Å². The Morgan fingerprint density at radius 1 is 1.04 bits per heavy atom. The third-order valence-corrected chi connectivity index (χ3v) is 15.7. The second-order valence-electron chi connectivity index (χ2n) is 19.4. The Labute approximate surface area is 296 Å². The van der Waals surface area contributed by atoms with Crippen LogP contribution in [0.1, 0.15) is 122 Å². The smallest absolute Gasteiger partial charge is 0.169 e. The summed E-state index contributed by atoms with van der Waals surface area (Å²) >= 11 is 0. The lowest BCUT2D eigenvalue weighted by molar-refractivity contribution is -0.283. The van der Waals surface area contributed by atoms with Gasteiger partial charge < -0.3 is 34.1 Å². The first-order valence-electron chi connectivity index (χ1n) is 19.2. The van der Waals surface area contributed by atoms with Crippen molar-refractivity contribution in [2.75, 3.05) is 6.61 Å². The number of ketones is 1. The molecule has 1 aromatic heterocycles. The molecule has 0 radical (unpaired) electrons. The largest absolute Gasteiger partial charge is 0.387 e. The Bertz CT molecular complexity index is 1850.